The van der Waals surface area contributed by atoms with E-state index in [1.165, 1.54) is 0 Å². The minimum Gasteiger partial charge on any atom is -0.324 e. The molecular weight excluding hydrogens is 388 g/mol. The lowest BCUT2D eigenvalue weighted by atomic mass is 10.1. The quantitative estimate of drug-likeness (QED) is 0.744. The van der Waals surface area contributed by atoms with Crippen LogP contribution in [-0.4, -0.2) is 66.9 Å². The van der Waals surface area contributed by atoms with Gasteiger partial charge < -0.3 is 10.2 Å². The first-order valence-electron chi connectivity index (χ1n) is 11.1. The van der Waals surface area contributed by atoms with Gasteiger partial charge in [0.2, 0.25) is 11.8 Å². The van der Waals surface area contributed by atoms with Crippen molar-refractivity contribution in [3.8, 4) is 0 Å². The fourth-order valence-electron chi connectivity index (χ4n) is 4.16. The lowest BCUT2D eigenvalue weighted by molar-refractivity contribution is -0.124. The van der Waals surface area contributed by atoms with Gasteiger partial charge >= 0.3 is 0 Å². The van der Waals surface area contributed by atoms with Crippen LogP contribution in [0.5, 0.6) is 0 Å². The summed E-state index contributed by atoms with van der Waals surface area (Å²) in [7, 11) is 0. The molecule has 0 unspecified atom stereocenters. The van der Waals surface area contributed by atoms with E-state index >= 15 is 0 Å². The SMILES string of the molecule is CCN(C(=O)[C@H](C)N1CCN(CC(=O)Nc2c(C)cccc2C)CC1)c1ccccc1. The minimum atomic E-state index is -0.189. The Hall–Kier alpha value is -2.70. The molecule has 0 aliphatic carbocycles. The molecule has 6 nitrogen and oxygen atoms in total. The molecule has 1 fully saturated rings. The summed E-state index contributed by atoms with van der Waals surface area (Å²) in [6, 6.07) is 15.6. The molecule has 166 valence electrons. The van der Waals surface area contributed by atoms with E-state index in [0.29, 0.717) is 13.1 Å². The lowest BCUT2D eigenvalue weighted by Crippen LogP contribution is -2.55. The molecule has 0 bridgehead atoms. The molecular formula is C25H34N4O2. The Morgan fingerprint density at radius 2 is 1.58 bits per heavy atom. The molecule has 2 amide bonds. The van der Waals surface area contributed by atoms with Crippen LogP contribution in [0.1, 0.15) is 25.0 Å². The Bertz CT molecular complexity index is 871. The number of hydrogen-bond acceptors (Lipinski definition) is 4. The number of nitrogens with one attached hydrogen (secondary N) is 1. The van der Waals surface area contributed by atoms with Crippen LogP contribution >= 0.6 is 0 Å². The van der Waals surface area contributed by atoms with Gasteiger partial charge in [0.25, 0.3) is 0 Å². The summed E-state index contributed by atoms with van der Waals surface area (Å²) in [4.78, 5) is 31.9. The number of likely N-dealkylation sites (N-methyl/N-ethyl adjacent to an activating group) is 1. The Morgan fingerprint density at radius 3 is 2.16 bits per heavy atom. The highest BCUT2D eigenvalue weighted by molar-refractivity contribution is 5.97. The van der Waals surface area contributed by atoms with E-state index in [4.69, 9.17) is 0 Å². The number of hydrogen-bond donors (Lipinski definition) is 1. The number of anilines is 2. The summed E-state index contributed by atoms with van der Waals surface area (Å²) in [5, 5.41) is 3.06. The number of benzene rings is 2. The largest absolute Gasteiger partial charge is 0.324 e. The third-order valence-electron chi connectivity index (χ3n) is 6.07. The summed E-state index contributed by atoms with van der Waals surface area (Å²) in [6.45, 7) is 12.1. The molecule has 3 rings (SSSR count). The number of piperazine rings is 1. The van der Waals surface area contributed by atoms with Crippen LogP contribution in [0.4, 0.5) is 11.4 Å². The lowest BCUT2D eigenvalue weighted by Gasteiger charge is -2.38. The average Bonchev–Trinajstić information content (AvgIpc) is 2.77. The third kappa shape index (κ3) is 5.71. The second-order valence-corrected chi connectivity index (χ2v) is 8.22. The predicted molar refractivity (Wildman–Crippen MR) is 126 cm³/mol. The zero-order valence-electron chi connectivity index (χ0n) is 19.1. The van der Waals surface area contributed by atoms with Crippen molar-refractivity contribution in [1.29, 1.82) is 0 Å². The Kier molecular flexibility index (Phi) is 7.82. The molecule has 1 saturated heterocycles. The van der Waals surface area contributed by atoms with Crippen LogP contribution < -0.4 is 10.2 Å². The first-order valence-corrected chi connectivity index (χ1v) is 11.1. The van der Waals surface area contributed by atoms with E-state index in [1.54, 1.807) is 0 Å². The average molecular weight is 423 g/mol. The minimum absolute atomic E-state index is 0.0104. The molecule has 31 heavy (non-hydrogen) atoms. The third-order valence-corrected chi connectivity index (χ3v) is 6.07. The van der Waals surface area contributed by atoms with E-state index in [2.05, 4.69) is 15.1 Å². The van der Waals surface area contributed by atoms with Crippen molar-refractivity contribution in [1.82, 2.24) is 9.80 Å². The molecule has 1 N–H and O–H groups in total. The van der Waals surface area contributed by atoms with E-state index in [1.807, 2.05) is 81.1 Å². The highest BCUT2D eigenvalue weighted by atomic mass is 16.2. The number of carbonyl (C=O) groups is 2. The maximum Gasteiger partial charge on any atom is 0.244 e. The van der Waals surface area contributed by atoms with Crippen molar-refractivity contribution in [2.75, 3.05) is 49.5 Å². The van der Waals surface area contributed by atoms with Gasteiger partial charge in [-0.25, -0.2) is 0 Å². The fourth-order valence-corrected chi connectivity index (χ4v) is 4.16. The van der Waals surface area contributed by atoms with E-state index < -0.39 is 0 Å². The first kappa shape index (κ1) is 23.0. The molecule has 1 aliphatic heterocycles. The molecule has 1 aliphatic rings. The summed E-state index contributed by atoms with van der Waals surface area (Å²) in [5.41, 5.74) is 3.99. The summed E-state index contributed by atoms with van der Waals surface area (Å²) in [6.07, 6.45) is 0. The number of para-hydroxylation sites is 2. The Labute approximate surface area is 185 Å². The molecule has 1 heterocycles. The maximum absolute atomic E-state index is 13.1. The number of rotatable bonds is 7. The van der Waals surface area contributed by atoms with E-state index in [-0.39, 0.29) is 17.9 Å². The number of aryl methyl sites for hydroxylation is 2. The zero-order valence-corrected chi connectivity index (χ0v) is 19.1. The van der Waals surface area contributed by atoms with Crippen LogP contribution in [0.25, 0.3) is 0 Å². The molecule has 2 aromatic carbocycles. The number of amides is 2. The van der Waals surface area contributed by atoms with Gasteiger partial charge in [-0.1, -0.05) is 36.4 Å². The van der Waals surface area contributed by atoms with Crippen molar-refractivity contribution < 1.29 is 9.59 Å². The van der Waals surface area contributed by atoms with Gasteiger partial charge in [-0.05, 0) is 51.0 Å². The van der Waals surface area contributed by atoms with Gasteiger partial charge in [0.05, 0.1) is 12.6 Å². The number of carbonyl (C=O) groups excluding carboxylic acids is 2. The first-order chi connectivity index (χ1) is 14.9. The van der Waals surface area contributed by atoms with Crippen molar-refractivity contribution in [2.24, 2.45) is 0 Å². The summed E-state index contributed by atoms with van der Waals surface area (Å²) < 4.78 is 0. The second kappa shape index (κ2) is 10.6. The smallest absolute Gasteiger partial charge is 0.244 e. The topological polar surface area (TPSA) is 55.9 Å². The van der Waals surface area contributed by atoms with Crippen LogP contribution in [0.15, 0.2) is 48.5 Å². The van der Waals surface area contributed by atoms with Gasteiger partial charge in [0.15, 0.2) is 0 Å². The second-order valence-electron chi connectivity index (χ2n) is 8.22. The maximum atomic E-state index is 13.1. The van der Waals surface area contributed by atoms with Gasteiger partial charge in [0.1, 0.15) is 0 Å². The van der Waals surface area contributed by atoms with Crippen LogP contribution in [0, 0.1) is 13.8 Å². The van der Waals surface area contributed by atoms with Gasteiger partial charge in [-0.15, -0.1) is 0 Å². The fraction of sp³-hybridized carbons (Fsp3) is 0.440. The predicted octanol–water partition coefficient (Wildman–Crippen LogP) is 3.30. The van der Waals surface area contributed by atoms with Crippen molar-refractivity contribution in [3.05, 3.63) is 59.7 Å². The van der Waals surface area contributed by atoms with Crippen molar-refractivity contribution >= 4 is 23.2 Å². The molecule has 0 radical (unpaired) electrons. The molecule has 0 aromatic heterocycles. The highest BCUT2D eigenvalue weighted by Gasteiger charge is 2.29. The van der Waals surface area contributed by atoms with Crippen molar-refractivity contribution in [3.63, 3.8) is 0 Å². The Balaban J connectivity index is 1.51. The normalized spacial score (nSPS) is 16.0. The van der Waals surface area contributed by atoms with Gasteiger partial charge in [-0.3, -0.25) is 19.4 Å². The van der Waals surface area contributed by atoms with Gasteiger partial charge in [0, 0.05) is 44.1 Å². The Morgan fingerprint density at radius 1 is 0.968 bits per heavy atom. The van der Waals surface area contributed by atoms with E-state index in [0.717, 1.165) is 48.7 Å². The molecule has 0 spiro atoms. The monoisotopic (exact) mass is 422 g/mol. The van der Waals surface area contributed by atoms with E-state index in [9.17, 15) is 9.59 Å². The standard InChI is InChI=1S/C25H34N4O2/c1-5-29(22-12-7-6-8-13-22)25(31)21(4)28-16-14-27(15-17-28)18-23(30)26-24-19(2)10-9-11-20(24)3/h6-13,21H,5,14-18H2,1-4H3,(H,26,30)/t21-/m0/s1. The molecule has 0 saturated carbocycles. The van der Waals surface area contributed by atoms with Crippen LogP contribution in [-0.2, 0) is 9.59 Å². The van der Waals surface area contributed by atoms with Crippen LogP contribution in [0.3, 0.4) is 0 Å². The highest BCUT2D eigenvalue weighted by Crippen LogP contribution is 2.20. The van der Waals surface area contributed by atoms with Crippen LogP contribution in [0.2, 0.25) is 0 Å². The summed E-state index contributed by atoms with van der Waals surface area (Å²) >= 11 is 0. The zero-order chi connectivity index (χ0) is 22.4. The molecule has 2 aromatic rings. The number of nitrogens with zero attached hydrogens (tertiary/aromatic N) is 3. The van der Waals surface area contributed by atoms with Crippen molar-refractivity contribution in [2.45, 2.75) is 33.7 Å². The molecule has 1 atom stereocenters. The molecule has 6 heteroatoms. The van der Waals surface area contributed by atoms with Gasteiger partial charge in [-0.2, -0.15) is 0 Å². The summed E-state index contributed by atoms with van der Waals surface area (Å²) in [5.74, 6) is 0.131.